The third-order valence-corrected chi connectivity index (χ3v) is 4.56. The minimum absolute atomic E-state index is 0.133. The van der Waals surface area contributed by atoms with Crippen LogP contribution in [-0.2, 0) is 4.74 Å². The first-order chi connectivity index (χ1) is 12.1. The van der Waals surface area contributed by atoms with Crippen molar-refractivity contribution >= 4 is 6.03 Å². The van der Waals surface area contributed by atoms with Gasteiger partial charge in [0.1, 0.15) is 5.82 Å². The summed E-state index contributed by atoms with van der Waals surface area (Å²) in [4.78, 5) is 14.4. The van der Waals surface area contributed by atoms with Crippen molar-refractivity contribution in [3.63, 3.8) is 0 Å². The van der Waals surface area contributed by atoms with E-state index in [0.29, 0.717) is 13.2 Å². The summed E-state index contributed by atoms with van der Waals surface area (Å²) < 4.78 is 18.7. The van der Waals surface area contributed by atoms with Gasteiger partial charge in [-0.3, -0.25) is 0 Å². The van der Waals surface area contributed by atoms with Gasteiger partial charge in [-0.05, 0) is 36.1 Å². The molecule has 3 rings (SSSR count). The fraction of sp³-hybridized carbons (Fsp3) is 0.350. The molecule has 25 heavy (non-hydrogen) atoms. The Morgan fingerprint density at radius 2 is 1.68 bits per heavy atom. The standard InChI is InChI=1S/C20H23FN2O2/c1-23(20(24)22-18-11-13-25-14-12-18)19(15-5-3-2-4-6-15)16-7-9-17(21)10-8-16/h2-10,18-19H,11-14H2,1H3,(H,22,24)/t19-/m0/s1. The average Bonchev–Trinajstić information content (AvgIpc) is 2.65. The number of carbonyl (C=O) groups excluding carboxylic acids is 1. The van der Waals surface area contributed by atoms with Crippen molar-refractivity contribution < 1.29 is 13.9 Å². The van der Waals surface area contributed by atoms with Crippen LogP contribution in [0.2, 0.25) is 0 Å². The van der Waals surface area contributed by atoms with Gasteiger partial charge in [-0.15, -0.1) is 0 Å². The van der Waals surface area contributed by atoms with Crippen LogP contribution in [0.4, 0.5) is 9.18 Å². The molecule has 1 aliphatic heterocycles. The fourth-order valence-corrected chi connectivity index (χ4v) is 3.16. The number of benzene rings is 2. The number of ether oxygens (including phenoxy) is 1. The topological polar surface area (TPSA) is 41.6 Å². The van der Waals surface area contributed by atoms with Crippen LogP contribution < -0.4 is 5.32 Å². The van der Waals surface area contributed by atoms with E-state index >= 15 is 0 Å². The second-order valence-corrected chi connectivity index (χ2v) is 6.31. The van der Waals surface area contributed by atoms with E-state index in [1.807, 2.05) is 30.3 Å². The zero-order chi connectivity index (χ0) is 17.6. The first-order valence-electron chi connectivity index (χ1n) is 8.56. The van der Waals surface area contributed by atoms with Crippen molar-refractivity contribution in [3.8, 4) is 0 Å². The molecule has 0 aromatic heterocycles. The van der Waals surface area contributed by atoms with Crippen molar-refractivity contribution in [2.45, 2.75) is 24.9 Å². The molecule has 2 aromatic rings. The molecule has 0 saturated carbocycles. The van der Waals surface area contributed by atoms with Gasteiger partial charge in [-0.25, -0.2) is 9.18 Å². The molecule has 4 nitrogen and oxygen atoms in total. The van der Waals surface area contributed by atoms with Gasteiger partial charge >= 0.3 is 6.03 Å². The van der Waals surface area contributed by atoms with Gasteiger partial charge in [-0.2, -0.15) is 0 Å². The summed E-state index contributed by atoms with van der Waals surface area (Å²) in [5, 5.41) is 3.08. The van der Waals surface area contributed by atoms with Crippen LogP contribution in [-0.4, -0.2) is 37.2 Å². The minimum Gasteiger partial charge on any atom is -0.381 e. The number of nitrogens with zero attached hydrogens (tertiary/aromatic N) is 1. The van der Waals surface area contributed by atoms with E-state index < -0.39 is 0 Å². The van der Waals surface area contributed by atoms with Gasteiger partial charge < -0.3 is 15.0 Å². The molecule has 1 heterocycles. The van der Waals surface area contributed by atoms with Crippen LogP contribution in [0.15, 0.2) is 54.6 Å². The van der Waals surface area contributed by atoms with Crippen molar-refractivity contribution in [1.29, 1.82) is 0 Å². The van der Waals surface area contributed by atoms with Crippen molar-refractivity contribution in [3.05, 3.63) is 71.5 Å². The first kappa shape index (κ1) is 17.4. The third kappa shape index (κ3) is 4.37. The van der Waals surface area contributed by atoms with Gasteiger partial charge in [0.25, 0.3) is 0 Å². The number of nitrogens with one attached hydrogen (secondary N) is 1. The van der Waals surface area contributed by atoms with Crippen LogP contribution in [0, 0.1) is 5.82 Å². The van der Waals surface area contributed by atoms with Crippen molar-refractivity contribution in [2.75, 3.05) is 20.3 Å². The number of amides is 2. The Labute approximate surface area is 147 Å². The second kappa shape index (κ2) is 8.12. The lowest BCUT2D eigenvalue weighted by Crippen LogP contribution is -2.46. The summed E-state index contributed by atoms with van der Waals surface area (Å²) in [5.74, 6) is -0.287. The molecule has 1 N–H and O–H groups in total. The summed E-state index contributed by atoms with van der Waals surface area (Å²) in [6.07, 6.45) is 1.65. The summed E-state index contributed by atoms with van der Waals surface area (Å²) in [5.41, 5.74) is 1.86. The van der Waals surface area contributed by atoms with Crippen LogP contribution in [0.25, 0.3) is 0 Å². The third-order valence-electron chi connectivity index (χ3n) is 4.56. The Bertz CT molecular complexity index is 685. The van der Waals surface area contributed by atoms with E-state index in [-0.39, 0.29) is 23.9 Å². The number of hydrogen-bond donors (Lipinski definition) is 1. The predicted octanol–water partition coefficient (Wildman–Crippen LogP) is 3.74. The largest absolute Gasteiger partial charge is 0.381 e. The summed E-state index contributed by atoms with van der Waals surface area (Å²) >= 11 is 0. The lowest BCUT2D eigenvalue weighted by Gasteiger charge is -2.32. The van der Waals surface area contributed by atoms with Gasteiger partial charge in [0, 0.05) is 26.3 Å². The number of urea groups is 1. The van der Waals surface area contributed by atoms with Crippen LogP contribution in [0.3, 0.4) is 0 Å². The van der Waals surface area contributed by atoms with E-state index in [4.69, 9.17) is 4.74 Å². The molecule has 0 spiro atoms. The Morgan fingerprint density at radius 3 is 2.32 bits per heavy atom. The quantitative estimate of drug-likeness (QED) is 0.920. The zero-order valence-corrected chi connectivity index (χ0v) is 14.3. The van der Waals surface area contributed by atoms with Gasteiger partial charge in [-0.1, -0.05) is 42.5 Å². The second-order valence-electron chi connectivity index (χ2n) is 6.31. The molecule has 1 atom stereocenters. The predicted molar refractivity (Wildman–Crippen MR) is 94.8 cm³/mol. The van der Waals surface area contributed by atoms with Crippen molar-refractivity contribution in [2.24, 2.45) is 0 Å². The Balaban J connectivity index is 1.82. The van der Waals surface area contributed by atoms with Gasteiger partial charge in [0.2, 0.25) is 0 Å². The summed E-state index contributed by atoms with van der Waals surface area (Å²) in [6.45, 7) is 1.35. The smallest absolute Gasteiger partial charge is 0.318 e. The van der Waals surface area contributed by atoms with Crippen LogP contribution >= 0.6 is 0 Å². The molecule has 132 valence electrons. The number of halogens is 1. The van der Waals surface area contributed by atoms with Crippen LogP contribution in [0.1, 0.15) is 30.0 Å². The van der Waals surface area contributed by atoms with E-state index in [2.05, 4.69) is 5.32 Å². The molecule has 0 radical (unpaired) electrons. The fourth-order valence-electron chi connectivity index (χ4n) is 3.16. The van der Waals surface area contributed by atoms with Gasteiger partial charge in [0.15, 0.2) is 0 Å². The van der Waals surface area contributed by atoms with Gasteiger partial charge in [0.05, 0.1) is 6.04 Å². The first-order valence-corrected chi connectivity index (χ1v) is 8.56. The molecule has 0 aliphatic carbocycles. The Morgan fingerprint density at radius 1 is 1.08 bits per heavy atom. The minimum atomic E-state index is -0.287. The normalized spacial score (nSPS) is 16.2. The lowest BCUT2D eigenvalue weighted by molar-refractivity contribution is 0.0780. The van der Waals surface area contributed by atoms with E-state index in [1.165, 1.54) is 12.1 Å². The van der Waals surface area contributed by atoms with Crippen molar-refractivity contribution in [1.82, 2.24) is 10.2 Å². The molecule has 0 unspecified atom stereocenters. The Kier molecular flexibility index (Phi) is 5.66. The molecular formula is C20H23FN2O2. The molecule has 0 bridgehead atoms. The average molecular weight is 342 g/mol. The van der Waals surface area contributed by atoms with Crippen LogP contribution in [0.5, 0.6) is 0 Å². The van der Waals surface area contributed by atoms with E-state index in [1.54, 1.807) is 24.1 Å². The molecule has 2 amide bonds. The van der Waals surface area contributed by atoms with E-state index in [0.717, 1.165) is 24.0 Å². The maximum Gasteiger partial charge on any atom is 0.318 e. The summed E-state index contributed by atoms with van der Waals surface area (Å²) in [6, 6.07) is 15.8. The molecule has 5 heteroatoms. The number of rotatable bonds is 4. The highest BCUT2D eigenvalue weighted by Crippen LogP contribution is 2.28. The highest BCUT2D eigenvalue weighted by molar-refractivity contribution is 5.75. The molecule has 1 fully saturated rings. The molecule has 1 saturated heterocycles. The molecular weight excluding hydrogens is 319 g/mol. The number of hydrogen-bond acceptors (Lipinski definition) is 2. The summed E-state index contributed by atoms with van der Waals surface area (Å²) in [7, 11) is 1.77. The maximum atomic E-state index is 13.3. The maximum absolute atomic E-state index is 13.3. The highest BCUT2D eigenvalue weighted by Gasteiger charge is 2.25. The number of carbonyl (C=O) groups is 1. The molecule has 2 aromatic carbocycles. The lowest BCUT2D eigenvalue weighted by atomic mass is 9.97. The molecule has 1 aliphatic rings. The Hall–Kier alpha value is -2.40. The zero-order valence-electron chi connectivity index (χ0n) is 14.3. The SMILES string of the molecule is CN(C(=O)NC1CCOCC1)[C@@H](c1ccccc1)c1ccc(F)cc1. The highest BCUT2D eigenvalue weighted by atomic mass is 19.1. The monoisotopic (exact) mass is 342 g/mol. The van der Waals surface area contributed by atoms with E-state index in [9.17, 15) is 9.18 Å².